The fourth-order valence-electron chi connectivity index (χ4n) is 3.16. The summed E-state index contributed by atoms with van der Waals surface area (Å²) in [7, 11) is 1.74. The van der Waals surface area contributed by atoms with Crippen molar-refractivity contribution in [2.75, 3.05) is 7.11 Å². The van der Waals surface area contributed by atoms with E-state index < -0.39 is 0 Å². The lowest BCUT2D eigenvalue weighted by Crippen LogP contribution is -1.95. The fourth-order valence-corrected chi connectivity index (χ4v) is 3.16. The average Bonchev–Trinajstić information content (AvgIpc) is 2.37. The molecular formula is C19H24O. The molecule has 0 aliphatic carbocycles. The summed E-state index contributed by atoms with van der Waals surface area (Å²) >= 11 is 0. The Hall–Kier alpha value is -1.76. The second-order valence-electron chi connectivity index (χ2n) is 5.59. The summed E-state index contributed by atoms with van der Waals surface area (Å²) in [5.41, 5.74) is 9.19. The van der Waals surface area contributed by atoms with Gasteiger partial charge >= 0.3 is 0 Å². The van der Waals surface area contributed by atoms with Crippen molar-refractivity contribution in [1.29, 1.82) is 0 Å². The second-order valence-corrected chi connectivity index (χ2v) is 5.59. The highest BCUT2D eigenvalue weighted by Crippen LogP contribution is 2.31. The van der Waals surface area contributed by atoms with Gasteiger partial charge in [-0.25, -0.2) is 0 Å². The van der Waals surface area contributed by atoms with Crippen LogP contribution in [0.2, 0.25) is 0 Å². The third-order valence-corrected chi connectivity index (χ3v) is 4.05. The first-order chi connectivity index (χ1) is 9.47. The Morgan fingerprint density at radius 1 is 0.750 bits per heavy atom. The molecule has 0 radical (unpaired) electrons. The molecule has 2 rings (SSSR count). The van der Waals surface area contributed by atoms with E-state index >= 15 is 0 Å². The SMILES string of the molecule is CCc1c(C)cc(-c2cc(C)c(OC)c(C)c2)cc1C. The second kappa shape index (κ2) is 5.70. The Morgan fingerprint density at radius 2 is 1.15 bits per heavy atom. The maximum Gasteiger partial charge on any atom is 0.124 e. The van der Waals surface area contributed by atoms with Crippen molar-refractivity contribution in [2.24, 2.45) is 0 Å². The van der Waals surface area contributed by atoms with Crippen LogP contribution in [0.3, 0.4) is 0 Å². The maximum absolute atomic E-state index is 5.45. The van der Waals surface area contributed by atoms with E-state index in [1.807, 2.05) is 0 Å². The van der Waals surface area contributed by atoms with Crippen molar-refractivity contribution in [2.45, 2.75) is 41.0 Å². The Kier molecular flexibility index (Phi) is 4.17. The van der Waals surface area contributed by atoms with E-state index in [0.717, 1.165) is 12.2 Å². The number of aryl methyl sites for hydroxylation is 4. The van der Waals surface area contributed by atoms with Crippen molar-refractivity contribution < 1.29 is 4.74 Å². The molecule has 0 N–H and O–H groups in total. The molecule has 0 aliphatic heterocycles. The first-order valence-electron chi connectivity index (χ1n) is 7.23. The van der Waals surface area contributed by atoms with Crippen molar-refractivity contribution in [3.05, 3.63) is 52.1 Å². The zero-order chi connectivity index (χ0) is 14.9. The molecule has 0 bridgehead atoms. The minimum atomic E-state index is 0.993. The third kappa shape index (κ3) is 2.58. The Bertz CT molecular complexity index is 535. The van der Waals surface area contributed by atoms with E-state index in [1.165, 1.54) is 38.9 Å². The molecule has 2 aromatic carbocycles. The Labute approximate surface area is 122 Å². The van der Waals surface area contributed by atoms with Crippen LogP contribution in [0.4, 0.5) is 0 Å². The summed E-state index contributed by atoms with van der Waals surface area (Å²) < 4.78 is 5.45. The van der Waals surface area contributed by atoms with Gasteiger partial charge < -0.3 is 4.74 Å². The summed E-state index contributed by atoms with van der Waals surface area (Å²) in [6.45, 7) is 10.8. The molecule has 1 heteroatoms. The van der Waals surface area contributed by atoms with Gasteiger partial charge in [-0.05, 0) is 85.2 Å². The van der Waals surface area contributed by atoms with Crippen molar-refractivity contribution >= 4 is 0 Å². The highest BCUT2D eigenvalue weighted by Gasteiger charge is 2.09. The van der Waals surface area contributed by atoms with Crippen LogP contribution in [-0.4, -0.2) is 7.11 Å². The van der Waals surface area contributed by atoms with Crippen LogP contribution in [0.25, 0.3) is 11.1 Å². The predicted octanol–water partition coefficient (Wildman–Crippen LogP) is 5.16. The lowest BCUT2D eigenvalue weighted by Gasteiger charge is -2.14. The molecule has 0 aromatic heterocycles. The van der Waals surface area contributed by atoms with Gasteiger partial charge in [0, 0.05) is 0 Å². The third-order valence-electron chi connectivity index (χ3n) is 4.05. The van der Waals surface area contributed by atoms with Gasteiger partial charge in [-0.2, -0.15) is 0 Å². The summed E-state index contributed by atoms with van der Waals surface area (Å²) in [4.78, 5) is 0. The smallest absolute Gasteiger partial charge is 0.124 e. The number of methoxy groups -OCH3 is 1. The molecule has 0 saturated carbocycles. The summed E-state index contributed by atoms with van der Waals surface area (Å²) in [5.74, 6) is 0.993. The number of ether oxygens (including phenoxy) is 1. The largest absolute Gasteiger partial charge is 0.496 e. The first-order valence-corrected chi connectivity index (χ1v) is 7.23. The van der Waals surface area contributed by atoms with Crippen LogP contribution < -0.4 is 4.74 Å². The van der Waals surface area contributed by atoms with Crippen LogP contribution in [-0.2, 0) is 6.42 Å². The summed E-state index contributed by atoms with van der Waals surface area (Å²) in [6, 6.07) is 9.02. The summed E-state index contributed by atoms with van der Waals surface area (Å²) in [5, 5.41) is 0. The van der Waals surface area contributed by atoms with E-state index in [4.69, 9.17) is 4.74 Å². The topological polar surface area (TPSA) is 9.23 Å². The highest BCUT2D eigenvalue weighted by atomic mass is 16.5. The van der Waals surface area contributed by atoms with Crippen LogP contribution in [0.15, 0.2) is 24.3 Å². The normalized spacial score (nSPS) is 10.7. The maximum atomic E-state index is 5.45. The first kappa shape index (κ1) is 14.6. The lowest BCUT2D eigenvalue weighted by molar-refractivity contribution is 0.408. The fraction of sp³-hybridized carbons (Fsp3) is 0.368. The lowest BCUT2D eigenvalue weighted by atomic mass is 9.93. The van der Waals surface area contributed by atoms with Crippen LogP contribution in [0.5, 0.6) is 5.75 Å². The molecule has 0 unspecified atom stereocenters. The molecule has 1 nitrogen and oxygen atoms in total. The zero-order valence-corrected chi connectivity index (χ0v) is 13.4. The van der Waals surface area contributed by atoms with E-state index in [0.29, 0.717) is 0 Å². The average molecular weight is 268 g/mol. The molecule has 0 heterocycles. The van der Waals surface area contributed by atoms with E-state index in [2.05, 4.69) is 58.9 Å². The van der Waals surface area contributed by atoms with Crippen LogP contribution >= 0.6 is 0 Å². The number of hydrogen-bond acceptors (Lipinski definition) is 1. The zero-order valence-electron chi connectivity index (χ0n) is 13.4. The molecule has 0 aliphatic rings. The van der Waals surface area contributed by atoms with Gasteiger partial charge in [0.15, 0.2) is 0 Å². The molecule has 0 fully saturated rings. The van der Waals surface area contributed by atoms with Crippen LogP contribution in [0.1, 0.15) is 34.7 Å². The van der Waals surface area contributed by atoms with Crippen molar-refractivity contribution in [1.82, 2.24) is 0 Å². The molecule has 20 heavy (non-hydrogen) atoms. The molecule has 0 saturated heterocycles. The minimum Gasteiger partial charge on any atom is -0.496 e. The van der Waals surface area contributed by atoms with Gasteiger partial charge in [0.2, 0.25) is 0 Å². The molecular weight excluding hydrogens is 244 g/mol. The van der Waals surface area contributed by atoms with E-state index in [1.54, 1.807) is 7.11 Å². The molecule has 2 aromatic rings. The van der Waals surface area contributed by atoms with E-state index in [9.17, 15) is 0 Å². The molecule has 106 valence electrons. The van der Waals surface area contributed by atoms with Gasteiger partial charge in [-0.3, -0.25) is 0 Å². The van der Waals surface area contributed by atoms with Gasteiger partial charge in [-0.15, -0.1) is 0 Å². The summed E-state index contributed by atoms with van der Waals surface area (Å²) in [6.07, 6.45) is 1.10. The monoisotopic (exact) mass is 268 g/mol. The highest BCUT2D eigenvalue weighted by molar-refractivity contribution is 5.69. The predicted molar refractivity (Wildman–Crippen MR) is 86.8 cm³/mol. The van der Waals surface area contributed by atoms with Gasteiger partial charge in [-0.1, -0.05) is 19.1 Å². The number of hydrogen-bond donors (Lipinski definition) is 0. The number of benzene rings is 2. The number of rotatable bonds is 3. The Morgan fingerprint density at radius 3 is 1.50 bits per heavy atom. The standard InChI is InChI=1S/C19H24O/c1-7-18-12(2)8-16(9-13(18)3)17-10-14(4)19(20-6)15(5)11-17/h8-11H,7H2,1-6H3. The van der Waals surface area contributed by atoms with Gasteiger partial charge in [0.1, 0.15) is 5.75 Å². The van der Waals surface area contributed by atoms with Crippen molar-refractivity contribution in [3.8, 4) is 16.9 Å². The van der Waals surface area contributed by atoms with Gasteiger partial charge in [0.25, 0.3) is 0 Å². The van der Waals surface area contributed by atoms with Crippen LogP contribution in [0, 0.1) is 27.7 Å². The van der Waals surface area contributed by atoms with Crippen molar-refractivity contribution in [3.63, 3.8) is 0 Å². The quantitative estimate of drug-likeness (QED) is 0.747. The molecule has 0 atom stereocenters. The van der Waals surface area contributed by atoms with Gasteiger partial charge in [0.05, 0.1) is 7.11 Å². The minimum absolute atomic E-state index is 0.993. The van der Waals surface area contributed by atoms with E-state index in [-0.39, 0.29) is 0 Å². The molecule has 0 amide bonds. The molecule has 0 spiro atoms. The Balaban J connectivity index is 2.58.